The minimum absolute atomic E-state index is 0.179. The van der Waals surface area contributed by atoms with E-state index in [-0.39, 0.29) is 29.9 Å². The summed E-state index contributed by atoms with van der Waals surface area (Å²) in [5.74, 6) is -0.653. The number of hydrogen-bond donors (Lipinski definition) is 1. The zero-order chi connectivity index (χ0) is 20.0. The van der Waals surface area contributed by atoms with E-state index in [2.05, 4.69) is 15.0 Å². The van der Waals surface area contributed by atoms with Crippen LogP contribution in [0.3, 0.4) is 0 Å². The van der Waals surface area contributed by atoms with Gasteiger partial charge in [0.1, 0.15) is 12.4 Å². The summed E-state index contributed by atoms with van der Waals surface area (Å²) in [6.07, 6.45) is 5.89. The topological polar surface area (TPSA) is 68.9 Å². The average Bonchev–Trinajstić information content (AvgIpc) is 3.43. The van der Waals surface area contributed by atoms with Crippen LogP contribution in [0.5, 0.6) is 0 Å². The van der Waals surface area contributed by atoms with Gasteiger partial charge in [0.05, 0.1) is 23.1 Å². The maximum atomic E-state index is 13.8. The Morgan fingerprint density at radius 1 is 1.32 bits per heavy atom. The standard InChI is InChI=1S/C21H23FN4O2/c1-12-4-5-15(8-17(12)22)14(3)24-19(27)11-26-21(28)20-13(2)10-25(16-6-7-16)18(20)9-23-26/h4-5,8-10,14,16H,6-7,11H2,1-3H3,(H,24,27). The van der Waals surface area contributed by atoms with Crippen LogP contribution in [0.25, 0.3) is 10.9 Å². The lowest BCUT2D eigenvalue weighted by molar-refractivity contribution is -0.122. The summed E-state index contributed by atoms with van der Waals surface area (Å²) in [7, 11) is 0. The molecule has 0 spiro atoms. The molecule has 1 fully saturated rings. The maximum Gasteiger partial charge on any atom is 0.276 e. The molecule has 6 nitrogen and oxygen atoms in total. The first-order chi connectivity index (χ1) is 13.3. The predicted octanol–water partition coefficient (Wildman–Crippen LogP) is 3.17. The van der Waals surface area contributed by atoms with Crippen LogP contribution >= 0.6 is 0 Å². The van der Waals surface area contributed by atoms with E-state index in [1.54, 1.807) is 32.2 Å². The highest BCUT2D eigenvalue weighted by atomic mass is 19.1. The van der Waals surface area contributed by atoms with E-state index in [0.717, 1.165) is 23.9 Å². The molecule has 1 aromatic carbocycles. The second-order valence-electron chi connectivity index (χ2n) is 7.62. The summed E-state index contributed by atoms with van der Waals surface area (Å²) in [5.41, 5.74) is 2.68. The lowest BCUT2D eigenvalue weighted by atomic mass is 10.1. The normalized spacial score (nSPS) is 15.0. The van der Waals surface area contributed by atoms with Crippen LogP contribution < -0.4 is 10.9 Å². The second-order valence-corrected chi connectivity index (χ2v) is 7.62. The van der Waals surface area contributed by atoms with Gasteiger partial charge < -0.3 is 9.88 Å². The van der Waals surface area contributed by atoms with Crippen molar-refractivity contribution in [3.63, 3.8) is 0 Å². The number of benzene rings is 1. The van der Waals surface area contributed by atoms with Gasteiger partial charge >= 0.3 is 0 Å². The second kappa shape index (κ2) is 6.89. The molecule has 1 aliphatic carbocycles. The van der Waals surface area contributed by atoms with Crippen molar-refractivity contribution in [1.82, 2.24) is 19.7 Å². The van der Waals surface area contributed by atoms with E-state index >= 15 is 0 Å². The van der Waals surface area contributed by atoms with Gasteiger partial charge in [-0.3, -0.25) is 9.59 Å². The summed E-state index contributed by atoms with van der Waals surface area (Å²) < 4.78 is 17.0. The number of hydrogen-bond acceptors (Lipinski definition) is 3. The molecule has 0 aliphatic heterocycles. The van der Waals surface area contributed by atoms with Gasteiger partial charge in [-0.25, -0.2) is 9.07 Å². The summed E-state index contributed by atoms with van der Waals surface area (Å²) in [5, 5.41) is 7.62. The molecule has 1 amide bonds. The molecule has 0 radical (unpaired) electrons. The van der Waals surface area contributed by atoms with Gasteiger partial charge in [-0.05, 0) is 56.4 Å². The monoisotopic (exact) mass is 382 g/mol. The van der Waals surface area contributed by atoms with Gasteiger partial charge in [0, 0.05) is 12.2 Å². The quantitative estimate of drug-likeness (QED) is 0.737. The van der Waals surface area contributed by atoms with Crippen molar-refractivity contribution < 1.29 is 9.18 Å². The fraction of sp³-hybridized carbons (Fsp3) is 0.381. The summed E-state index contributed by atoms with van der Waals surface area (Å²) >= 11 is 0. The molecule has 4 rings (SSSR count). The Labute approximate surface area is 162 Å². The van der Waals surface area contributed by atoms with Gasteiger partial charge in [-0.15, -0.1) is 0 Å². The summed E-state index contributed by atoms with van der Waals surface area (Å²) in [6, 6.07) is 4.96. The van der Waals surface area contributed by atoms with Crippen LogP contribution in [0.2, 0.25) is 0 Å². The Hall–Kier alpha value is -2.96. The van der Waals surface area contributed by atoms with Gasteiger partial charge in [0.2, 0.25) is 5.91 Å². The van der Waals surface area contributed by atoms with Crippen LogP contribution in [0.4, 0.5) is 4.39 Å². The summed E-state index contributed by atoms with van der Waals surface area (Å²) in [6.45, 7) is 5.19. The Morgan fingerprint density at radius 2 is 2.07 bits per heavy atom. The van der Waals surface area contributed by atoms with Crippen molar-refractivity contribution in [2.75, 3.05) is 0 Å². The molecular formula is C21H23FN4O2. The molecule has 2 heterocycles. The molecule has 1 saturated carbocycles. The third-order valence-corrected chi connectivity index (χ3v) is 5.34. The molecule has 1 N–H and O–H groups in total. The molecule has 1 atom stereocenters. The highest BCUT2D eigenvalue weighted by molar-refractivity contribution is 5.83. The van der Waals surface area contributed by atoms with Crippen molar-refractivity contribution in [3.05, 3.63) is 63.5 Å². The Kier molecular flexibility index (Phi) is 4.53. The maximum absolute atomic E-state index is 13.8. The van der Waals surface area contributed by atoms with Gasteiger partial charge in [0.25, 0.3) is 5.56 Å². The number of nitrogens with one attached hydrogen (secondary N) is 1. The number of carbonyl (C=O) groups excluding carboxylic acids is 1. The first kappa shape index (κ1) is 18.4. The van der Waals surface area contributed by atoms with Crippen LogP contribution in [0.15, 0.2) is 35.4 Å². The highest BCUT2D eigenvalue weighted by Crippen LogP contribution is 2.37. The van der Waals surface area contributed by atoms with Crippen molar-refractivity contribution in [3.8, 4) is 0 Å². The molecule has 1 unspecified atom stereocenters. The van der Waals surface area contributed by atoms with E-state index in [9.17, 15) is 14.0 Å². The third kappa shape index (κ3) is 3.32. The molecule has 2 aromatic heterocycles. The van der Waals surface area contributed by atoms with Crippen LogP contribution in [0.1, 0.15) is 48.5 Å². The Bertz CT molecular complexity index is 1130. The minimum Gasteiger partial charge on any atom is -0.348 e. The van der Waals surface area contributed by atoms with Crippen molar-refractivity contribution >= 4 is 16.8 Å². The van der Waals surface area contributed by atoms with Crippen molar-refractivity contribution in [2.45, 2.75) is 52.2 Å². The van der Waals surface area contributed by atoms with Crippen LogP contribution in [-0.2, 0) is 11.3 Å². The lowest BCUT2D eigenvalue weighted by Crippen LogP contribution is -2.35. The van der Waals surface area contributed by atoms with E-state index in [1.165, 1.54) is 10.7 Å². The van der Waals surface area contributed by atoms with Crippen LogP contribution in [-0.4, -0.2) is 20.3 Å². The lowest BCUT2D eigenvalue weighted by Gasteiger charge is -2.15. The van der Waals surface area contributed by atoms with E-state index in [0.29, 0.717) is 22.6 Å². The minimum atomic E-state index is -0.375. The number of nitrogens with zero attached hydrogens (tertiary/aromatic N) is 3. The molecular weight excluding hydrogens is 359 g/mol. The number of aromatic nitrogens is 3. The van der Waals surface area contributed by atoms with Crippen molar-refractivity contribution in [1.29, 1.82) is 0 Å². The van der Waals surface area contributed by atoms with E-state index in [1.807, 2.05) is 13.1 Å². The molecule has 3 aromatic rings. The molecule has 146 valence electrons. The zero-order valence-corrected chi connectivity index (χ0v) is 16.2. The van der Waals surface area contributed by atoms with Gasteiger partial charge in [-0.2, -0.15) is 5.10 Å². The number of fused-ring (bicyclic) bond motifs is 1. The SMILES string of the molecule is Cc1ccc(C(C)NC(=O)Cn2ncc3c(c(C)cn3C3CC3)c2=O)cc1F. The summed E-state index contributed by atoms with van der Waals surface area (Å²) in [4.78, 5) is 25.3. The largest absolute Gasteiger partial charge is 0.348 e. The Morgan fingerprint density at radius 3 is 2.75 bits per heavy atom. The number of carbonyl (C=O) groups is 1. The Balaban J connectivity index is 1.53. The highest BCUT2D eigenvalue weighted by Gasteiger charge is 2.26. The fourth-order valence-corrected chi connectivity index (χ4v) is 3.54. The molecule has 0 saturated heterocycles. The smallest absolute Gasteiger partial charge is 0.276 e. The number of amides is 1. The molecule has 0 bridgehead atoms. The third-order valence-electron chi connectivity index (χ3n) is 5.34. The van der Waals surface area contributed by atoms with Crippen LogP contribution in [0, 0.1) is 19.7 Å². The predicted molar refractivity (Wildman–Crippen MR) is 105 cm³/mol. The zero-order valence-electron chi connectivity index (χ0n) is 16.2. The molecule has 7 heteroatoms. The fourth-order valence-electron chi connectivity index (χ4n) is 3.54. The van der Waals surface area contributed by atoms with Gasteiger partial charge in [0.15, 0.2) is 0 Å². The first-order valence-electron chi connectivity index (χ1n) is 9.48. The molecule has 1 aliphatic rings. The first-order valence-corrected chi connectivity index (χ1v) is 9.48. The van der Waals surface area contributed by atoms with Gasteiger partial charge in [-0.1, -0.05) is 12.1 Å². The van der Waals surface area contributed by atoms with E-state index in [4.69, 9.17) is 0 Å². The number of rotatable bonds is 5. The van der Waals surface area contributed by atoms with Crippen molar-refractivity contribution in [2.24, 2.45) is 0 Å². The number of halogens is 1. The van der Waals surface area contributed by atoms with E-state index < -0.39 is 0 Å². The number of aryl methyl sites for hydroxylation is 2. The molecule has 28 heavy (non-hydrogen) atoms. The average molecular weight is 382 g/mol.